The number of hydrogen-bond donors (Lipinski definition) is 2. The Hall–Kier alpha value is -2.00. The van der Waals surface area contributed by atoms with E-state index in [0.717, 1.165) is 16.9 Å². The van der Waals surface area contributed by atoms with E-state index in [4.69, 9.17) is 10.5 Å². The number of anilines is 1. The van der Waals surface area contributed by atoms with Gasteiger partial charge in [-0.25, -0.2) is 0 Å². The summed E-state index contributed by atoms with van der Waals surface area (Å²) in [6.45, 7) is 1.75. The van der Waals surface area contributed by atoms with Crippen molar-refractivity contribution in [2.45, 2.75) is 12.5 Å². The first kappa shape index (κ1) is 12.5. The SMILES string of the molecule is COc1ccc(C(C)(O)c2cccc(N)c2)cc1. The third kappa shape index (κ3) is 2.31. The zero-order chi connectivity index (χ0) is 13.2. The number of nitrogen functional groups attached to an aromatic ring is 1. The van der Waals surface area contributed by atoms with Gasteiger partial charge in [0.2, 0.25) is 0 Å². The third-order valence-corrected chi connectivity index (χ3v) is 3.10. The Balaban J connectivity index is 2.40. The standard InChI is InChI=1S/C15H17NO2/c1-15(17,12-4-3-5-13(16)10-12)11-6-8-14(18-2)9-7-11/h3-10,17H,16H2,1-2H3. The molecule has 0 heterocycles. The van der Waals surface area contributed by atoms with E-state index in [2.05, 4.69) is 0 Å². The highest BCUT2D eigenvalue weighted by Crippen LogP contribution is 2.30. The van der Waals surface area contributed by atoms with Crippen molar-refractivity contribution in [2.24, 2.45) is 0 Å². The van der Waals surface area contributed by atoms with Gasteiger partial charge in [-0.1, -0.05) is 24.3 Å². The Kier molecular flexibility index (Phi) is 3.26. The Morgan fingerprint density at radius 3 is 2.28 bits per heavy atom. The molecule has 0 aliphatic rings. The Labute approximate surface area is 107 Å². The average molecular weight is 243 g/mol. The number of hydrogen-bond acceptors (Lipinski definition) is 3. The summed E-state index contributed by atoms with van der Waals surface area (Å²) in [4.78, 5) is 0. The van der Waals surface area contributed by atoms with Crippen molar-refractivity contribution in [3.8, 4) is 5.75 Å². The summed E-state index contributed by atoms with van der Waals surface area (Å²) in [5.41, 5.74) is 6.89. The van der Waals surface area contributed by atoms with Gasteiger partial charge in [0.15, 0.2) is 0 Å². The van der Waals surface area contributed by atoms with E-state index in [1.807, 2.05) is 36.4 Å². The normalized spacial score (nSPS) is 13.9. The lowest BCUT2D eigenvalue weighted by Gasteiger charge is -2.25. The van der Waals surface area contributed by atoms with E-state index in [0.29, 0.717) is 5.69 Å². The highest BCUT2D eigenvalue weighted by Gasteiger charge is 2.25. The van der Waals surface area contributed by atoms with Gasteiger partial charge in [0.25, 0.3) is 0 Å². The molecule has 0 spiro atoms. The summed E-state index contributed by atoms with van der Waals surface area (Å²) in [6.07, 6.45) is 0. The zero-order valence-corrected chi connectivity index (χ0v) is 10.6. The van der Waals surface area contributed by atoms with Crippen LogP contribution in [-0.2, 0) is 5.60 Å². The first-order chi connectivity index (χ1) is 8.54. The molecule has 1 atom stereocenters. The summed E-state index contributed by atoms with van der Waals surface area (Å²) in [5.74, 6) is 0.766. The molecule has 2 aromatic rings. The number of aliphatic hydroxyl groups is 1. The molecule has 94 valence electrons. The fourth-order valence-electron chi connectivity index (χ4n) is 1.92. The minimum atomic E-state index is -1.07. The molecule has 3 nitrogen and oxygen atoms in total. The molecular weight excluding hydrogens is 226 g/mol. The van der Waals surface area contributed by atoms with E-state index in [1.165, 1.54) is 0 Å². The maximum Gasteiger partial charge on any atom is 0.118 e. The lowest BCUT2D eigenvalue weighted by Crippen LogP contribution is -2.22. The zero-order valence-electron chi connectivity index (χ0n) is 10.6. The minimum absolute atomic E-state index is 0.640. The monoisotopic (exact) mass is 243 g/mol. The Morgan fingerprint density at radius 2 is 1.72 bits per heavy atom. The van der Waals surface area contributed by atoms with Crippen LogP contribution >= 0.6 is 0 Å². The van der Waals surface area contributed by atoms with E-state index >= 15 is 0 Å². The molecule has 0 fully saturated rings. The fourth-order valence-corrected chi connectivity index (χ4v) is 1.92. The quantitative estimate of drug-likeness (QED) is 0.814. The van der Waals surface area contributed by atoms with Crippen molar-refractivity contribution in [3.63, 3.8) is 0 Å². The molecule has 0 amide bonds. The van der Waals surface area contributed by atoms with Crippen molar-refractivity contribution in [3.05, 3.63) is 59.7 Å². The number of rotatable bonds is 3. The highest BCUT2D eigenvalue weighted by atomic mass is 16.5. The molecule has 0 bridgehead atoms. The van der Waals surface area contributed by atoms with Crippen LogP contribution in [0.2, 0.25) is 0 Å². The van der Waals surface area contributed by atoms with Crippen LogP contribution in [-0.4, -0.2) is 12.2 Å². The predicted molar refractivity (Wildman–Crippen MR) is 72.5 cm³/mol. The fraction of sp³-hybridized carbons (Fsp3) is 0.200. The highest BCUT2D eigenvalue weighted by molar-refractivity contribution is 5.46. The molecule has 0 aliphatic carbocycles. The van der Waals surface area contributed by atoms with Crippen LogP contribution in [0.3, 0.4) is 0 Å². The lowest BCUT2D eigenvalue weighted by molar-refractivity contribution is 0.102. The molecular formula is C15H17NO2. The summed E-state index contributed by atoms with van der Waals surface area (Å²) < 4.78 is 5.11. The third-order valence-electron chi connectivity index (χ3n) is 3.10. The molecule has 0 radical (unpaired) electrons. The summed E-state index contributed by atoms with van der Waals surface area (Å²) in [6, 6.07) is 14.6. The van der Waals surface area contributed by atoms with Gasteiger partial charge >= 0.3 is 0 Å². The maximum absolute atomic E-state index is 10.6. The molecule has 18 heavy (non-hydrogen) atoms. The van der Waals surface area contributed by atoms with Crippen molar-refractivity contribution in [1.29, 1.82) is 0 Å². The molecule has 3 heteroatoms. The van der Waals surface area contributed by atoms with Crippen LogP contribution in [0.25, 0.3) is 0 Å². The van der Waals surface area contributed by atoms with Crippen LogP contribution < -0.4 is 10.5 Å². The van der Waals surface area contributed by atoms with Crippen LogP contribution in [0.1, 0.15) is 18.1 Å². The van der Waals surface area contributed by atoms with Crippen molar-refractivity contribution < 1.29 is 9.84 Å². The molecule has 1 unspecified atom stereocenters. The molecule has 2 rings (SSSR count). The van der Waals surface area contributed by atoms with Crippen LogP contribution in [0.15, 0.2) is 48.5 Å². The van der Waals surface area contributed by atoms with Gasteiger partial charge in [-0.2, -0.15) is 0 Å². The second kappa shape index (κ2) is 4.70. The van der Waals surface area contributed by atoms with Crippen molar-refractivity contribution in [2.75, 3.05) is 12.8 Å². The second-order valence-corrected chi connectivity index (χ2v) is 4.43. The molecule has 0 saturated carbocycles. The van der Waals surface area contributed by atoms with Gasteiger partial charge in [0.1, 0.15) is 11.4 Å². The van der Waals surface area contributed by atoms with Gasteiger partial charge in [-0.15, -0.1) is 0 Å². The summed E-state index contributed by atoms with van der Waals surface area (Å²) in [5, 5.41) is 10.6. The first-order valence-electron chi connectivity index (χ1n) is 5.77. The number of ether oxygens (including phenoxy) is 1. The molecule has 3 N–H and O–H groups in total. The Morgan fingerprint density at radius 1 is 1.06 bits per heavy atom. The number of nitrogens with two attached hydrogens (primary N) is 1. The smallest absolute Gasteiger partial charge is 0.118 e. The summed E-state index contributed by atoms with van der Waals surface area (Å²) >= 11 is 0. The van der Waals surface area contributed by atoms with E-state index < -0.39 is 5.60 Å². The van der Waals surface area contributed by atoms with Crippen LogP contribution in [0.5, 0.6) is 5.75 Å². The molecule has 0 aliphatic heterocycles. The van der Waals surface area contributed by atoms with Gasteiger partial charge < -0.3 is 15.6 Å². The van der Waals surface area contributed by atoms with E-state index in [1.54, 1.807) is 26.2 Å². The maximum atomic E-state index is 10.6. The lowest BCUT2D eigenvalue weighted by atomic mass is 9.88. The minimum Gasteiger partial charge on any atom is -0.497 e. The molecule has 2 aromatic carbocycles. The van der Waals surface area contributed by atoms with Crippen LogP contribution in [0.4, 0.5) is 5.69 Å². The van der Waals surface area contributed by atoms with Crippen molar-refractivity contribution in [1.82, 2.24) is 0 Å². The van der Waals surface area contributed by atoms with E-state index in [-0.39, 0.29) is 0 Å². The number of benzene rings is 2. The van der Waals surface area contributed by atoms with Gasteiger partial charge in [0, 0.05) is 5.69 Å². The predicted octanol–water partition coefficient (Wildman–Crippen LogP) is 2.53. The van der Waals surface area contributed by atoms with E-state index in [9.17, 15) is 5.11 Å². The van der Waals surface area contributed by atoms with Gasteiger partial charge in [-0.3, -0.25) is 0 Å². The molecule has 0 aromatic heterocycles. The van der Waals surface area contributed by atoms with Crippen LogP contribution in [0, 0.1) is 0 Å². The topological polar surface area (TPSA) is 55.5 Å². The molecule has 0 saturated heterocycles. The number of methoxy groups -OCH3 is 1. The average Bonchev–Trinajstić information content (AvgIpc) is 2.39. The largest absolute Gasteiger partial charge is 0.497 e. The van der Waals surface area contributed by atoms with Crippen molar-refractivity contribution >= 4 is 5.69 Å². The summed E-state index contributed by atoms with van der Waals surface area (Å²) in [7, 11) is 1.62. The second-order valence-electron chi connectivity index (χ2n) is 4.43. The van der Waals surface area contributed by atoms with Gasteiger partial charge in [0.05, 0.1) is 7.11 Å². The van der Waals surface area contributed by atoms with Gasteiger partial charge in [-0.05, 0) is 42.3 Å². The Bertz CT molecular complexity index is 532. The first-order valence-corrected chi connectivity index (χ1v) is 5.77.